The second kappa shape index (κ2) is 6.91. The highest BCUT2D eigenvalue weighted by molar-refractivity contribution is 5.80. The number of piperidine rings is 1. The summed E-state index contributed by atoms with van der Waals surface area (Å²) < 4.78 is 7.13. The van der Waals surface area contributed by atoms with Crippen LogP contribution in [0.1, 0.15) is 19.8 Å². The van der Waals surface area contributed by atoms with Gasteiger partial charge in [0.2, 0.25) is 5.91 Å². The maximum Gasteiger partial charge on any atom is 0.269 e. The molecule has 6 nitrogen and oxygen atoms in total. The van der Waals surface area contributed by atoms with Crippen molar-refractivity contribution in [1.82, 2.24) is 14.5 Å². The van der Waals surface area contributed by atoms with Crippen LogP contribution in [-0.4, -0.2) is 46.2 Å². The van der Waals surface area contributed by atoms with Gasteiger partial charge in [0, 0.05) is 19.7 Å². The maximum atomic E-state index is 12.6. The van der Waals surface area contributed by atoms with Crippen LogP contribution in [0.25, 0.3) is 11.0 Å². The van der Waals surface area contributed by atoms with E-state index in [0.717, 1.165) is 19.4 Å². The van der Waals surface area contributed by atoms with E-state index in [9.17, 15) is 9.59 Å². The van der Waals surface area contributed by atoms with E-state index in [1.807, 2.05) is 31.2 Å². The Morgan fingerprint density at radius 3 is 3.04 bits per heavy atom. The Hall–Kier alpha value is -2.21. The van der Waals surface area contributed by atoms with Crippen LogP contribution in [0.2, 0.25) is 0 Å². The fraction of sp³-hybridized carbons (Fsp3) is 0.471. The van der Waals surface area contributed by atoms with Gasteiger partial charge in [-0.15, -0.1) is 0 Å². The van der Waals surface area contributed by atoms with E-state index >= 15 is 0 Å². The van der Waals surface area contributed by atoms with Crippen LogP contribution in [0, 0.1) is 0 Å². The van der Waals surface area contributed by atoms with E-state index in [0.29, 0.717) is 24.2 Å². The lowest BCUT2D eigenvalue weighted by atomic mass is 10.1. The van der Waals surface area contributed by atoms with E-state index in [-0.39, 0.29) is 24.1 Å². The zero-order chi connectivity index (χ0) is 16.2. The van der Waals surface area contributed by atoms with Crippen molar-refractivity contribution in [3.05, 3.63) is 40.8 Å². The molecule has 6 heteroatoms. The molecule has 1 aliphatic heterocycles. The molecule has 0 bridgehead atoms. The lowest BCUT2D eigenvalue weighted by Gasteiger charge is -2.32. The van der Waals surface area contributed by atoms with Gasteiger partial charge in [-0.25, -0.2) is 4.98 Å². The third-order valence-corrected chi connectivity index (χ3v) is 4.18. The smallest absolute Gasteiger partial charge is 0.269 e. The van der Waals surface area contributed by atoms with Gasteiger partial charge in [0.25, 0.3) is 5.56 Å². The summed E-state index contributed by atoms with van der Waals surface area (Å²) in [7, 11) is 0. The minimum absolute atomic E-state index is 0.0424. The number of rotatable bonds is 4. The Kier molecular flexibility index (Phi) is 4.71. The summed E-state index contributed by atoms with van der Waals surface area (Å²) in [6.07, 6.45) is 3.29. The van der Waals surface area contributed by atoms with Crippen LogP contribution in [0.5, 0.6) is 0 Å². The number of nitrogens with zero attached hydrogens (tertiary/aromatic N) is 3. The molecular weight excluding hydrogens is 294 g/mol. The van der Waals surface area contributed by atoms with Gasteiger partial charge >= 0.3 is 0 Å². The summed E-state index contributed by atoms with van der Waals surface area (Å²) in [6, 6.07) is 7.36. The highest BCUT2D eigenvalue weighted by Crippen LogP contribution is 2.14. The molecular formula is C17H21N3O3. The van der Waals surface area contributed by atoms with Crippen LogP contribution in [0.15, 0.2) is 35.3 Å². The van der Waals surface area contributed by atoms with Gasteiger partial charge in [-0.3, -0.25) is 14.2 Å². The van der Waals surface area contributed by atoms with Gasteiger partial charge in [0.15, 0.2) is 0 Å². The summed E-state index contributed by atoms with van der Waals surface area (Å²) in [5.74, 6) is -0.0483. The molecule has 3 rings (SSSR count). The Bertz CT molecular complexity index is 754. The predicted molar refractivity (Wildman–Crippen MR) is 87.2 cm³/mol. The summed E-state index contributed by atoms with van der Waals surface area (Å²) in [5, 5.41) is 0. The summed E-state index contributed by atoms with van der Waals surface area (Å²) in [6.45, 7) is 3.98. The number of fused-ring (bicyclic) bond motifs is 1. The zero-order valence-corrected chi connectivity index (χ0v) is 13.3. The monoisotopic (exact) mass is 315 g/mol. The molecule has 122 valence electrons. The Morgan fingerprint density at radius 1 is 1.39 bits per heavy atom. The van der Waals surface area contributed by atoms with Crippen molar-refractivity contribution in [2.45, 2.75) is 32.4 Å². The van der Waals surface area contributed by atoms with E-state index in [2.05, 4.69) is 4.98 Å². The number of aromatic nitrogens is 2. The van der Waals surface area contributed by atoms with Crippen molar-refractivity contribution in [2.24, 2.45) is 0 Å². The van der Waals surface area contributed by atoms with E-state index < -0.39 is 0 Å². The lowest BCUT2D eigenvalue weighted by Crippen LogP contribution is -2.45. The van der Waals surface area contributed by atoms with E-state index in [1.165, 1.54) is 10.8 Å². The minimum Gasteiger partial charge on any atom is -0.377 e. The molecule has 1 atom stereocenters. The molecule has 0 N–H and O–H groups in total. The molecule has 1 fully saturated rings. The van der Waals surface area contributed by atoms with Crippen LogP contribution < -0.4 is 5.56 Å². The number of benzene rings is 1. The van der Waals surface area contributed by atoms with Gasteiger partial charge in [-0.2, -0.15) is 0 Å². The second-order valence-electron chi connectivity index (χ2n) is 5.73. The standard InChI is InChI=1S/C17H21N3O3/c1-2-23-13-6-5-9-19(11-13)17(22)12-20-15-8-4-3-7-14(15)18-10-16(20)21/h3-4,7-8,10,13H,2,5-6,9,11-12H2,1H3/t13-/m1/s1. The third kappa shape index (κ3) is 3.42. The SMILES string of the molecule is CCO[C@@H]1CCCN(C(=O)Cn2c(=O)cnc3ccccc32)C1. The molecule has 23 heavy (non-hydrogen) atoms. The Balaban J connectivity index is 1.80. The van der Waals surface area contributed by atoms with Crippen molar-refractivity contribution in [2.75, 3.05) is 19.7 Å². The third-order valence-electron chi connectivity index (χ3n) is 4.18. The number of amides is 1. The van der Waals surface area contributed by atoms with Gasteiger partial charge in [0.05, 0.1) is 23.3 Å². The normalized spacial score (nSPS) is 18.3. The number of ether oxygens (including phenoxy) is 1. The average molecular weight is 315 g/mol. The fourth-order valence-corrected chi connectivity index (χ4v) is 3.05. The highest BCUT2D eigenvalue weighted by Gasteiger charge is 2.24. The molecule has 0 unspecified atom stereocenters. The van der Waals surface area contributed by atoms with Crippen molar-refractivity contribution in [3.8, 4) is 0 Å². The highest BCUT2D eigenvalue weighted by atomic mass is 16.5. The lowest BCUT2D eigenvalue weighted by molar-refractivity contribution is -0.135. The zero-order valence-electron chi connectivity index (χ0n) is 13.3. The molecule has 1 aromatic carbocycles. The van der Waals surface area contributed by atoms with Crippen LogP contribution >= 0.6 is 0 Å². The minimum atomic E-state index is -0.254. The number of para-hydroxylation sites is 2. The van der Waals surface area contributed by atoms with E-state index in [1.54, 1.807) is 4.90 Å². The maximum absolute atomic E-state index is 12.6. The fourth-order valence-electron chi connectivity index (χ4n) is 3.05. The first-order valence-corrected chi connectivity index (χ1v) is 8.03. The van der Waals surface area contributed by atoms with Gasteiger partial charge in [0.1, 0.15) is 6.54 Å². The number of carbonyl (C=O) groups excluding carboxylic acids is 1. The molecule has 0 aliphatic carbocycles. The first-order valence-electron chi connectivity index (χ1n) is 8.03. The van der Waals surface area contributed by atoms with Gasteiger partial charge in [-0.05, 0) is 31.9 Å². The molecule has 0 radical (unpaired) electrons. The van der Waals surface area contributed by atoms with Crippen molar-refractivity contribution in [3.63, 3.8) is 0 Å². The molecule has 0 spiro atoms. The number of hydrogen-bond donors (Lipinski definition) is 0. The molecule has 1 amide bonds. The number of likely N-dealkylation sites (tertiary alicyclic amines) is 1. The summed E-state index contributed by atoms with van der Waals surface area (Å²) in [5.41, 5.74) is 1.15. The summed E-state index contributed by atoms with van der Waals surface area (Å²) in [4.78, 5) is 30.6. The number of carbonyl (C=O) groups is 1. The van der Waals surface area contributed by atoms with Crippen LogP contribution in [0.4, 0.5) is 0 Å². The predicted octanol–water partition coefficient (Wildman–Crippen LogP) is 1.42. The molecule has 1 aromatic heterocycles. The van der Waals surface area contributed by atoms with Crippen molar-refractivity contribution in [1.29, 1.82) is 0 Å². The average Bonchev–Trinajstić information content (AvgIpc) is 2.58. The molecule has 1 aliphatic rings. The quantitative estimate of drug-likeness (QED) is 0.856. The molecule has 2 heterocycles. The molecule has 1 saturated heterocycles. The van der Waals surface area contributed by atoms with E-state index in [4.69, 9.17) is 4.74 Å². The van der Waals surface area contributed by atoms with Crippen LogP contribution in [0.3, 0.4) is 0 Å². The van der Waals surface area contributed by atoms with Gasteiger partial charge in [-0.1, -0.05) is 12.1 Å². The van der Waals surface area contributed by atoms with Crippen molar-refractivity contribution >= 4 is 16.9 Å². The first-order chi connectivity index (χ1) is 11.2. The van der Waals surface area contributed by atoms with Crippen LogP contribution in [-0.2, 0) is 16.1 Å². The van der Waals surface area contributed by atoms with Gasteiger partial charge < -0.3 is 9.64 Å². The largest absolute Gasteiger partial charge is 0.377 e. The number of hydrogen-bond acceptors (Lipinski definition) is 4. The summed E-state index contributed by atoms with van der Waals surface area (Å²) >= 11 is 0. The Labute approximate surface area is 134 Å². The topological polar surface area (TPSA) is 64.4 Å². The molecule has 2 aromatic rings. The first kappa shape index (κ1) is 15.7. The Morgan fingerprint density at radius 2 is 2.22 bits per heavy atom. The van der Waals surface area contributed by atoms with Crippen molar-refractivity contribution < 1.29 is 9.53 Å². The molecule has 0 saturated carbocycles. The second-order valence-corrected chi connectivity index (χ2v) is 5.73.